The first kappa shape index (κ1) is 19.8. The molecule has 0 aliphatic heterocycles. The van der Waals surface area contributed by atoms with Gasteiger partial charge in [-0.15, -0.1) is 11.3 Å². The Hall–Kier alpha value is -1.97. The van der Waals surface area contributed by atoms with E-state index in [2.05, 4.69) is 30.7 Å². The van der Waals surface area contributed by atoms with E-state index in [0.29, 0.717) is 17.4 Å². The molecule has 0 radical (unpaired) electrons. The summed E-state index contributed by atoms with van der Waals surface area (Å²) in [6.07, 6.45) is 2.69. The minimum atomic E-state index is -3.40. The van der Waals surface area contributed by atoms with E-state index in [1.807, 2.05) is 19.1 Å². The average Bonchev–Trinajstić information content (AvgIpc) is 3.36. The van der Waals surface area contributed by atoms with Crippen molar-refractivity contribution in [2.75, 3.05) is 13.6 Å². The Morgan fingerprint density at radius 1 is 1.26 bits per heavy atom. The lowest BCUT2D eigenvalue weighted by Crippen LogP contribution is -2.37. The topological polar surface area (TPSA) is 95.5 Å². The van der Waals surface area contributed by atoms with Crippen molar-refractivity contribution in [2.45, 2.75) is 43.7 Å². The number of aryl methyl sites for hydroxylation is 1. The second-order valence-electron chi connectivity index (χ2n) is 6.50. The summed E-state index contributed by atoms with van der Waals surface area (Å²) >= 11 is 1.65. The van der Waals surface area contributed by atoms with E-state index in [4.69, 9.17) is 0 Å². The molecule has 0 saturated heterocycles. The van der Waals surface area contributed by atoms with Gasteiger partial charge in [-0.05, 0) is 37.5 Å². The molecule has 9 heteroatoms. The Kier molecular flexibility index (Phi) is 6.46. The molecule has 1 aliphatic rings. The number of aliphatic imine (C=N–C) groups is 1. The number of benzene rings is 1. The summed E-state index contributed by atoms with van der Waals surface area (Å²) in [6.45, 7) is 3.30. The van der Waals surface area contributed by atoms with Crippen molar-refractivity contribution in [3.63, 3.8) is 0 Å². The largest absolute Gasteiger partial charge is 0.356 e. The van der Waals surface area contributed by atoms with E-state index in [9.17, 15) is 8.42 Å². The number of hydrogen-bond donors (Lipinski definition) is 3. The van der Waals surface area contributed by atoms with Crippen molar-refractivity contribution in [3.05, 3.63) is 45.9 Å². The van der Waals surface area contributed by atoms with E-state index >= 15 is 0 Å². The van der Waals surface area contributed by atoms with Crippen LogP contribution in [0.15, 0.2) is 39.5 Å². The molecule has 1 aromatic carbocycles. The summed E-state index contributed by atoms with van der Waals surface area (Å²) in [6, 6.07) is 7.03. The molecule has 3 rings (SSSR count). The third kappa shape index (κ3) is 6.02. The van der Waals surface area contributed by atoms with E-state index in [0.717, 1.165) is 42.1 Å². The summed E-state index contributed by atoms with van der Waals surface area (Å²) < 4.78 is 27.1. The zero-order valence-corrected chi connectivity index (χ0v) is 17.2. The summed E-state index contributed by atoms with van der Waals surface area (Å²) in [4.78, 5) is 8.95. The maximum Gasteiger partial charge on any atom is 0.240 e. The third-order valence-corrected chi connectivity index (χ3v) is 6.52. The van der Waals surface area contributed by atoms with Gasteiger partial charge in [0, 0.05) is 38.0 Å². The predicted octanol–water partition coefficient (Wildman–Crippen LogP) is 1.80. The van der Waals surface area contributed by atoms with Gasteiger partial charge in [-0.2, -0.15) is 0 Å². The number of aromatic nitrogens is 1. The Bertz CT molecular complexity index is 887. The number of hydrogen-bond acceptors (Lipinski definition) is 5. The van der Waals surface area contributed by atoms with Crippen LogP contribution in [0.3, 0.4) is 0 Å². The van der Waals surface area contributed by atoms with Crippen molar-refractivity contribution in [2.24, 2.45) is 4.99 Å². The van der Waals surface area contributed by atoms with Gasteiger partial charge in [0.15, 0.2) is 5.96 Å². The Morgan fingerprint density at radius 3 is 2.59 bits per heavy atom. The second kappa shape index (κ2) is 8.81. The lowest BCUT2D eigenvalue weighted by Gasteiger charge is -2.12. The number of sulfonamides is 1. The molecule has 1 aromatic heterocycles. The predicted molar refractivity (Wildman–Crippen MR) is 109 cm³/mol. The van der Waals surface area contributed by atoms with Crippen LogP contribution in [0.1, 0.15) is 29.1 Å². The summed E-state index contributed by atoms with van der Waals surface area (Å²) in [7, 11) is -1.67. The molecule has 0 unspecified atom stereocenters. The third-order valence-electron chi connectivity index (χ3n) is 4.16. The van der Waals surface area contributed by atoms with Gasteiger partial charge in [-0.25, -0.2) is 18.1 Å². The lowest BCUT2D eigenvalue weighted by molar-refractivity contribution is 0.581. The van der Waals surface area contributed by atoms with Crippen LogP contribution in [0.25, 0.3) is 0 Å². The van der Waals surface area contributed by atoms with Gasteiger partial charge in [-0.1, -0.05) is 12.1 Å². The van der Waals surface area contributed by atoms with Gasteiger partial charge in [0.25, 0.3) is 0 Å². The van der Waals surface area contributed by atoms with Crippen molar-refractivity contribution >= 4 is 27.3 Å². The first-order chi connectivity index (χ1) is 13.0. The average molecular weight is 408 g/mol. The standard InChI is InChI=1S/C18H25N5O2S2/c1-13-22-16(12-26-13)9-10-20-18(19-2)21-11-14-3-7-17(8-4-14)27(24,25)23-15-5-6-15/h3-4,7-8,12,15,23H,5-6,9-11H2,1-2H3,(H2,19,20,21). The van der Waals surface area contributed by atoms with Gasteiger partial charge in [0.05, 0.1) is 15.6 Å². The molecule has 1 fully saturated rings. The maximum atomic E-state index is 12.2. The zero-order chi connectivity index (χ0) is 19.3. The molecule has 1 saturated carbocycles. The van der Waals surface area contributed by atoms with Crippen LogP contribution in [0.4, 0.5) is 0 Å². The van der Waals surface area contributed by atoms with Crippen LogP contribution in [0, 0.1) is 6.92 Å². The van der Waals surface area contributed by atoms with Crippen LogP contribution < -0.4 is 15.4 Å². The molecule has 0 spiro atoms. The number of nitrogens with zero attached hydrogens (tertiary/aromatic N) is 2. The molecule has 3 N–H and O–H groups in total. The molecular formula is C18H25N5O2S2. The summed E-state index contributed by atoms with van der Waals surface area (Å²) in [5.74, 6) is 0.703. The number of rotatable bonds is 8. The van der Waals surface area contributed by atoms with Crippen molar-refractivity contribution < 1.29 is 8.42 Å². The van der Waals surface area contributed by atoms with E-state index in [1.165, 1.54) is 0 Å². The molecule has 7 nitrogen and oxygen atoms in total. The van der Waals surface area contributed by atoms with Gasteiger partial charge < -0.3 is 10.6 Å². The highest BCUT2D eigenvalue weighted by Crippen LogP contribution is 2.22. The van der Waals surface area contributed by atoms with E-state index in [-0.39, 0.29) is 6.04 Å². The monoisotopic (exact) mass is 407 g/mol. The first-order valence-electron chi connectivity index (χ1n) is 8.93. The van der Waals surface area contributed by atoms with E-state index < -0.39 is 10.0 Å². The fourth-order valence-corrected chi connectivity index (χ4v) is 4.47. The molecule has 146 valence electrons. The van der Waals surface area contributed by atoms with Gasteiger partial charge in [0.1, 0.15) is 0 Å². The molecule has 1 aliphatic carbocycles. The summed E-state index contributed by atoms with van der Waals surface area (Å²) in [5, 5.41) is 9.64. The number of thiazole rings is 1. The zero-order valence-electron chi connectivity index (χ0n) is 15.5. The Labute approximate surface area is 164 Å². The van der Waals surface area contributed by atoms with Crippen LogP contribution in [-0.4, -0.2) is 39.0 Å². The minimum absolute atomic E-state index is 0.110. The summed E-state index contributed by atoms with van der Waals surface area (Å²) in [5.41, 5.74) is 2.07. The molecule has 27 heavy (non-hydrogen) atoms. The van der Waals surface area contributed by atoms with Crippen molar-refractivity contribution in [3.8, 4) is 0 Å². The van der Waals surface area contributed by atoms with Crippen molar-refractivity contribution in [1.82, 2.24) is 20.3 Å². The Morgan fingerprint density at radius 2 is 2.00 bits per heavy atom. The quantitative estimate of drug-likeness (QED) is 0.458. The van der Waals surface area contributed by atoms with Gasteiger partial charge >= 0.3 is 0 Å². The molecule has 2 aromatic rings. The highest BCUT2D eigenvalue weighted by atomic mass is 32.2. The highest BCUT2D eigenvalue weighted by molar-refractivity contribution is 7.89. The molecule has 0 amide bonds. The van der Waals surface area contributed by atoms with E-state index in [1.54, 1.807) is 30.5 Å². The van der Waals surface area contributed by atoms with Gasteiger partial charge in [-0.3, -0.25) is 4.99 Å². The SMILES string of the molecule is CN=C(NCCc1csc(C)n1)NCc1ccc(S(=O)(=O)NC2CC2)cc1. The van der Waals surface area contributed by atoms with Crippen molar-refractivity contribution in [1.29, 1.82) is 0 Å². The highest BCUT2D eigenvalue weighted by Gasteiger charge is 2.27. The molecule has 1 heterocycles. The van der Waals surface area contributed by atoms with Gasteiger partial charge in [0.2, 0.25) is 10.0 Å². The second-order valence-corrected chi connectivity index (χ2v) is 9.28. The fourth-order valence-electron chi connectivity index (χ4n) is 2.51. The minimum Gasteiger partial charge on any atom is -0.356 e. The normalized spacial score (nSPS) is 15.0. The maximum absolute atomic E-state index is 12.2. The van der Waals surface area contributed by atoms with Crippen LogP contribution >= 0.6 is 11.3 Å². The Balaban J connectivity index is 1.46. The van der Waals surface area contributed by atoms with Crippen LogP contribution in [-0.2, 0) is 23.0 Å². The molecular weight excluding hydrogens is 382 g/mol. The number of nitrogens with one attached hydrogen (secondary N) is 3. The molecule has 0 atom stereocenters. The van der Waals surface area contributed by atoms with Crippen LogP contribution in [0.2, 0.25) is 0 Å². The van der Waals surface area contributed by atoms with Crippen LogP contribution in [0.5, 0.6) is 0 Å². The smallest absolute Gasteiger partial charge is 0.240 e. The first-order valence-corrected chi connectivity index (χ1v) is 11.3. The lowest BCUT2D eigenvalue weighted by atomic mass is 10.2. The number of guanidine groups is 1. The molecule has 0 bridgehead atoms. The fraction of sp³-hybridized carbons (Fsp3) is 0.444.